The zero-order valence-corrected chi connectivity index (χ0v) is 17.5. The van der Waals surface area contributed by atoms with Gasteiger partial charge in [0.15, 0.2) is 0 Å². The number of benzene rings is 1. The predicted molar refractivity (Wildman–Crippen MR) is 116 cm³/mol. The van der Waals surface area contributed by atoms with Crippen LogP contribution < -0.4 is 5.56 Å². The first-order valence-electron chi connectivity index (χ1n) is 10.6. The average molecular weight is 426 g/mol. The van der Waals surface area contributed by atoms with Gasteiger partial charge in [-0.25, -0.2) is 9.37 Å². The van der Waals surface area contributed by atoms with Crippen LogP contribution in [-0.2, 0) is 11.3 Å². The van der Waals surface area contributed by atoms with Crippen molar-refractivity contribution >= 4 is 27.5 Å². The number of thiophene rings is 1. The average Bonchev–Trinajstić information content (AvgIpc) is 3.21. The maximum atomic E-state index is 13.3. The van der Waals surface area contributed by atoms with Crippen LogP contribution >= 0.6 is 11.3 Å². The molecule has 156 valence electrons. The number of fused-ring (bicyclic) bond motifs is 2. The Balaban J connectivity index is 1.40. The lowest BCUT2D eigenvalue weighted by Gasteiger charge is -2.41. The second-order valence-corrected chi connectivity index (χ2v) is 9.31. The molecule has 3 heterocycles. The fraction of sp³-hybridized carbons (Fsp3) is 0.435. The van der Waals surface area contributed by atoms with Crippen LogP contribution in [0.3, 0.4) is 0 Å². The minimum atomic E-state index is -0.318. The normalized spacial score (nSPS) is 21.6. The zero-order valence-electron chi connectivity index (χ0n) is 16.7. The second-order valence-electron chi connectivity index (χ2n) is 8.45. The van der Waals surface area contributed by atoms with Gasteiger partial charge in [-0.2, -0.15) is 0 Å². The molecule has 2 atom stereocenters. The van der Waals surface area contributed by atoms with Crippen LogP contribution in [0, 0.1) is 17.7 Å². The van der Waals surface area contributed by atoms with Gasteiger partial charge >= 0.3 is 0 Å². The summed E-state index contributed by atoms with van der Waals surface area (Å²) < 4.78 is 14.7. The van der Waals surface area contributed by atoms with Gasteiger partial charge in [0.25, 0.3) is 5.56 Å². The van der Waals surface area contributed by atoms with Gasteiger partial charge in [-0.1, -0.05) is 31.4 Å². The molecule has 1 aromatic carbocycles. The van der Waals surface area contributed by atoms with Crippen LogP contribution in [0.5, 0.6) is 0 Å². The molecule has 0 N–H and O–H groups in total. The first kappa shape index (κ1) is 19.4. The van der Waals surface area contributed by atoms with Crippen molar-refractivity contribution in [3.8, 4) is 11.1 Å². The van der Waals surface area contributed by atoms with Gasteiger partial charge < -0.3 is 4.90 Å². The smallest absolute Gasteiger partial charge is 0.263 e. The monoisotopic (exact) mass is 425 g/mol. The van der Waals surface area contributed by atoms with Gasteiger partial charge in [-0.15, -0.1) is 11.3 Å². The van der Waals surface area contributed by atoms with E-state index in [1.54, 1.807) is 12.1 Å². The van der Waals surface area contributed by atoms with Crippen LogP contribution in [-0.4, -0.2) is 33.4 Å². The number of hydrogen-bond donors (Lipinski definition) is 0. The van der Waals surface area contributed by atoms with Gasteiger partial charge in [0.05, 0.1) is 11.7 Å². The minimum absolute atomic E-state index is 0.0118. The minimum Gasteiger partial charge on any atom is -0.341 e. The molecule has 30 heavy (non-hydrogen) atoms. The number of nitrogens with zero attached hydrogens (tertiary/aromatic N) is 3. The van der Waals surface area contributed by atoms with Crippen molar-refractivity contribution in [2.45, 2.75) is 38.6 Å². The van der Waals surface area contributed by atoms with Crippen LogP contribution in [0.4, 0.5) is 4.39 Å². The summed E-state index contributed by atoms with van der Waals surface area (Å²) in [4.78, 5) is 33.1. The van der Waals surface area contributed by atoms with E-state index in [1.807, 2.05) is 10.3 Å². The topological polar surface area (TPSA) is 55.2 Å². The number of amides is 1. The molecule has 7 heteroatoms. The lowest BCUT2D eigenvalue weighted by molar-refractivity contribution is -0.135. The molecular weight excluding hydrogens is 401 g/mol. The maximum Gasteiger partial charge on any atom is 0.263 e. The lowest BCUT2D eigenvalue weighted by atomic mass is 9.75. The van der Waals surface area contributed by atoms with E-state index in [1.165, 1.54) is 60.0 Å². The fourth-order valence-electron chi connectivity index (χ4n) is 5.00. The molecule has 2 fully saturated rings. The summed E-state index contributed by atoms with van der Waals surface area (Å²) in [6.45, 7) is 1.61. The van der Waals surface area contributed by atoms with Crippen molar-refractivity contribution in [1.29, 1.82) is 0 Å². The van der Waals surface area contributed by atoms with Crippen molar-refractivity contribution in [3.05, 3.63) is 52.1 Å². The number of hydrogen-bond acceptors (Lipinski definition) is 4. The number of piperidine rings is 1. The summed E-state index contributed by atoms with van der Waals surface area (Å²) in [6.07, 6.45) is 7.61. The molecule has 0 radical (unpaired) electrons. The van der Waals surface area contributed by atoms with E-state index >= 15 is 0 Å². The van der Waals surface area contributed by atoms with Gasteiger partial charge in [-0.3, -0.25) is 14.2 Å². The highest BCUT2D eigenvalue weighted by Gasteiger charge is 2.33. The molecule has 0 unspecified atom stereocenters. The number of rotatable bonds is 3. The first-order valence-corrected chi connectivity index (χ1v) is 11.5. The number of likely N-dealkylation sites (tertiary alicyclic amines) is 1. The van der Waals surface area contributed by atoms with Crippen molar-refractivity contribution < 1.29 is 9.18 Å². The fourth-order valence-corrected chi connectivity index (χ4v) is 5.90. The molecule has 2 aliphatic rings. The third-order valence-electron chi connectivity index (χ3n) is 6.67. The number of carbonyl (C=O) groups excluding carboxylic acids is 1. The SMILES string of the molecule is O=C(Cn1cnc2scc(-c3ccc(F)cc3)c2c1=O)N1CC[C@@H]2CCCC[C@H]2C1. The van der Waals surface area contributed by atoms with E-state index in [0.717, 1.165) is 36.6 Å². The summed E-state index contributed by atoms with van der Waals surface area (Å²) in [5.41, 5.74) is 1.28. The van der Waals surface area contributed by atoms with Crippen molar-refractivity contribution in [3.63, 3.8) is 0 Å². The molecule has 1 amide bonds. The summed E-state index contributed by atoms with van der Waals surface area (Å²) >= 11 is 1.38. The van der Waals surface area contributed by atoms with Gasteiger partial charge in [0.2, 0.25) is 5.91 Å². The van der Waals surface area contributed by atoms with E-state index in [4.69, 9.17) is 0 Å². The zero-order chi connectivity index (χ0) is 20.7. The van der Waals surface area contributed by atoms with Crippen LogP contribution in [0.15, 0.2) is 40.8 Å². The molecule has 3 aromatic rings. The van der Waals surface area contributed by atoms with E-state index < -0.39 is 0 Å². The quantitative estimate of drug-likeness (QED) is 0.629. The molecule has 0 spiro atoms. The Kier molecular flexibility index (Phi) is 5.15. The molecule has 1 aliphatic heterocycles. The van der Waals surface area contributed by atoms with E-state index in [-0.39, 0.29) is 23.8 Å². The molecule has 1 aliphatic carbocycles. The molecule has 0 bridgehead atoms. The Hall–Kier alpha value is -2.54. The third kappa shape index (κ3) is 3.55. The molecule has 1 saturated heterocycles. The van der Waals surface area contributed by atoms with E-state index in [0.29, 0.717) is 16.1 Å². The van der Waals surface area contributed by atoms with Gasteiger partial charge in [0.1, 0.15) is 17.2 Å². The number of aromatic nitrogens is 2. The highest BCUT2D eigenvalue weighted by atomic mass is 32.1. The number of halogens is 1. The molecule has 2 aromatic heterocycles. The number of carbonyl (C=O) groups is 1. The highest BCUT2D eigenvalue weighted by Crippen LogP contribution is 2.36. The largest absolute Gasteiger partial charge is 0.341 e. The Bertz CT molecular complexity index is 1140. The highest BCUT2D eigenvalue weighted by molar-refractivity contribution is 7.17. The third-order valence-corrected chi connectivity index (χ3v) is 7.55. The molecule has 5 rings (SSSR count). The van der Waals surface area contributed by atoms with Crippen molar-refractivity contribution in [2.24, 2.45) is 11.8 Å². The van der Waals surface area contributed by atoms with Crippen LogP contribution in [0.25, 0.3) is 21.3 Å². The lowest BCUT2D eigenvalue weighted by Crippen LogP contribution is -2.46. The standard InChI is InChI=1S/C23H24FN3O2S/c24-18-7-5-16(6-8-18)19-13-30-22-21(19)23(29)27(14-25-22)12-20(28)26-10-9-15-3-1-2-4-17(15)11-26/h5-8,13-15,17H,1-4,9-12H2/t15-,17-/m0/s1. The predicted octanol–water partition coefficient (Wildman–Crippen LogP) is 4.30. The van der Waals surface area contributed by atoms with Crippen LogP contribution in [0.1, 0.15) is 32.1 Å². The van der Waals surface area contributed by atoms with Gasteiger partial charge in [-0.05, 0) is 42.4 Å². The molecule has 5 nitrogen and oxygen atoms in total. The van der Waals surface area contributed by atoms with Crippen LogP contribution in [0.2, 0.25) is 0 Å². The summed E-state index contributed by atoms with van der Waals surface area (Å²) in [6, 6.07) is 6.08. The second kappa shape index (κ2) is 7.95. The van der Waals surface area contributed by atoms with E-state index in [2.05, 4.69) is 4.98 Å². The summed E-state index contributed by atoms with van der Waals surface area (Å²) in [7, 11) is 0. The molecular formula is C23H24FN3O2S. The summed E-state index contributed by atoms with van der Waals surface area (Å²) in [5, 5.41) is 2.36. The Morgan fingerprint density at radius 3 is 2.70 bits per heavy atom. The van der Waals surface area contributed by atoms with Crippen molar-refractivity contribution in [2.75, 3.05) is 13.1 Å². The summed E-state index contributed by atoms with van der Waals surface area (Å²) in [5.74, 6) is 1.03. The van der Waals surface area contributed by atoms with Crippen molar-refractivity contribution in [1.82, 2.24) is 14.5 Å². The molecule has 1 saturated carbocycles. The Morgan fingerprint density at radius 1 is 1.13 bits per heavy atom. The Labute approximate surface area is 178 Å². The van der Waals surface area contributed by atoms with Gasteiger partial charge in [0, 0.05) is 24.0 Å². The maximum absolute atomic E-state index is 13.3. The first-order chi connectivity index (χ1) is 14.6. The van der Waals surface area contributed by atoms with E-state index in [9.17, 15) is 14.0 Å². The Morgan fingerprint density at radius 2 is 1.90 bits per heavy atom.